The number of nitrogens with one attached hydrogen (secondary N) is 2. The maximum absolute atomic E-state index is 11.7. The highest BCUT2D eigenvalue weighted by atomic mass is 16.2. The van der Waals surface area contributed by atoms with Gasteiger partial charge in [0.1, 0.15) is 0 Å². The molecule has 1 atom stereocenters. The molecule has 1 unspecified atom stereocenters. The van der Waals surface area contributed by atoms with E-state index in [4.69, 9.17) is 0 Å². The zero-order valence-electron chi connectivity index (χ0n) is 8.36. The predicted octanol–water partition coefficient (Wildman–Crippen LogP) is -0.174. The molecule has 15 heavy (non-hydrogen) atoms. The van der Waals surface area contributed by atoms with E-state index in [1.807, 2.05) is 0 Å². The first-order valence-corrected chi connectivity index (χ1v) is 4.70. The smallest absolute Gasteiger partial charge is 0.229 e. The van der Waals surface area contributed by atoms with E-state index in [-0.39, 0.29) is 17.7 Å². The van der Waals surface area contributed by atoms with E-state index in [9.17, 15) is 9.59 Å². The van der Waals surface area contributed by atoms with Crippen molar-refractivity contribution >= 4 is 17.5 Å². The molecule has 6 nitrogen and oxygen atoms in total. The van der Waals surface area contributed by atoms with E-state index < -0.39 is 0 Å². The van der Waals surface area contributed by atoms with E-state index in [2.05, 4.69) is 15.5 Å². The normalized spacial score (nSPS) is 20.7. The van der Waals surface area contributed by atoms with Crippen LogP contribution in [0, 0.1) is 5.92 Å². The number of likely N-dealkylation sites (tertiary alicyclic amines) is 1. The van der Waals surface area contributed by atoms with Crippen LogP contribution in [0.3, 0.4) is 0 Å². The molecule has 1 saturated heterocycles. The van der Waals surface area contributed by atoms with Crippen molar-refractivity contribution in [2.75, 3.05) is 18.9 Å². The molecule has 80 valence electrons. The number of nitrogens with zero attached hydrogens (tertiary/aromatic N) is 2. The summed E-state index contributed by atoms with van der Waals surface area (Å²) < 4.78 is 0. The molecule has 1 aromatic heterocycles. The summed E-state index contributed by atoms with van der Waals surface area (Å²) in [4.78, 5) is 24.5. The quantitative estimate of drug-likeness (QED) is 0.708. The van der Waals surface area contributed by atoms with Crippen LogP contribution in [-0.4, -0.2) is 40.5 Å². The third-order valence-electron chi connectivity index (χ3n) is 2.48. The molecule has 1 aliphatic heterocycles. The summed E-state index contributed by atoms with van der Waals surface area (Å²) in [5, 5.41) is 9.01. The maximum atomic E-state index is 11.7. The fraction of sp³-hybridized carbons (Fsp3) is 0.444. The summed E-state index contributed by atoms with van der Waals surface area (Å²) >= 11 is 0. The molecule has 0 saturated carbocycles. The molecule has 2 heterocycles. The molecule has 2 N–H and O–H groups in total. The summed E-state index contributed by atoms with van der Waals surface area (Å²) in [6.45, 7) is 0.489. The zero-order valence-corrected chi connectivity index (χ0v) is 8.36. The number of aromatic nitrogens is 2. The first-order chi connectivity index (χ1) is 7.16. The van der Waals surface area contributed by atoms with Gasteiger partial charge in [0.05, 0.1) is 17.8 Å². The number of H-pyrrole nitrogens is 1. The minimum atomic E-state index is -0.252. The SMILES string of the molecule is CN1CC(C(=O)Nc2cn[nH]c2)CC1=O. The second-order valence-electron chi connectivity index (χ2n) is 3.65. The number of aromatic amines is 1. The number of amides is 2. The van der Waals surface area contributed by atoms with Gasteiger partial charge in [0.15, 0.2) is 0 Å². The van der Waals surface area contributed by atoms with E-state index in [0.29, 0.717) is 18.7 Å². The van der Waals surface area contributed by atoms with Crippen LogP contribution < -0.4 is 5.32 Å². The highest BCUT2D eigenvalue weighted by molar-refractivity contribution is 5.96. The Bertz CT molecular complexity index is 373. The molecular weight excluding hydrogens is 196 g/mol. The van der Waals surface area contributed by atoms with Gasteiger partial charge in [0.25, 0.3) is 0 Å². The van der Waals surface area contributed by atoms with Gasteiger partial charge < -0.3 is 10.2 Å². The summed E-state index contributed by atoms with van der Waals surface area (Å²) in [6.07, 6.45) is 3.41. The Kier molecular flexibility index (Phi) is 2.40. The van der Waals surface area contributed by atoms with Crippen LogP contribution in [-0.2, 0) is 9.59 Å². The van der Waals surface area contributed by atoms with Gasteiger partial charge in [-0.05, 0) is 0 Å². The molecule has 1 aromatic rings. The fourth-order valence-corrected chi connectivity index (χ4v) is 1.60. The van der Waals surface area contributed by atoms with Gasteiger partial charge in [0.2, 0.25) is 11.8 Å². The van der Waals surface area contributed by atoms with Crippen LogP contribution in [0.1, 0.15) is 6.42 Å². The van der Waals surface area contributed by atoms with E-state index >= 15 is 0 Å². The topological polar surface area (TPSA) is 78.1 Å². The average Bonchev–Trinajstić information content (AvgIpc) is 2.78. The Morgan fingerprint density at radius 2 is 2.53 bits per heavy atom. The number of hydrogen-bond acceptors (Lipinski definition) is 3. The minimum absolute atomic E-state index is 0.0161. The standard InChI is InChI=1S/C9H12N4O2/c1-13-5-6(2-8(13)14)9(15)12-7-3-10-11-4-7/h3-4,6H,2,5H2,1H3,(H,10,11)(H,12,15). The minimum Gasteiger partial charge on any atom is -0.345 e. The molecule has 2 amide bonds. The van der Waals surface area contributed by atoms with Gasteiger partial charge >= 0.3 is 0 Å². The van der Waals surface area contributed by atoms with Crippen molar-refractivity contribution in [3.05, 3.63) is 12.4 Å². The molecular formula is C9H12N4O2. The molecule has 1 fully saturated rings. The largest absolute Gasteiger partial charge is 0.345 e. The third-order valence-corrected chi connectivity index (χ3v) is 2.48. The fourth-order valence-electron chi connectivity index (χ4n) is 1.60. The second-order valence-corrected chi connectivity index (χ2v) is 3.65. The summed E-state index contributed by atoms with van der Waals surface area (Å²) in [5.74, 6) is -0.367. The third kappa shape index (κ3) is 1.98. The molecule has 1 aliphatic rings. The van der Waals surface area contributed by atoms with Gasteiger partial charge in [-0.3, -0.25) is 14.7 Å². The number of carbonyl (C=O) groups excluding carboxylic acids is 2. The van der Waals surface area contributed by atoms with Crippen molar-refractivity contribution in [3.63, 3.8) is 0 Å². The van der Waals surface area contributed by atoms with Crippen molar-refractivity contribution in [3.8, 4) is 0 Å². The Morgan fingerprint density at radius 3 is 3.07 bits per heavy atom. The predicted molar refractivity (Wildman–Crippen MR) is 53.0 cm³/mol. The summed E-state index contributed by atoms with van der Waals surface area (Å²) in [7, 11) is 1.70. The first kappa shape index (κ1) is 9.70. The van der Waals surface area contributed by atoms with Crippen LogP contribution in [0.2, 0.25) is 0 Å². The molecule has 0 bridgehead atoms. The Hall–Kier alpha value is -1.85. The zero-order chi connectivity index (χ0) is 10.8. The first-order valence-electron chi connectivity index (χ1n) is 4.70. The number of anilines is 1. The van der Waals surface area contributed by atoms with Crippen molar-refractivity contribution < 1.29 is 9.59 Å². The lowest BCUT2D eigenvalue weighted by Gasteiger charge is -2.09. The highest BCUT2D eigenvalue weighted by Crippen LogP contribution is 2.17. The van der Waals surface area contributed by atoms with Crippen LogP contribution in [0.4, 0.5) is 5.69 Å². The van der Waals surface area contributed by atoms with Crippen LogP contribution >= 0.6 is 0 Å². The van der Waals surface area contributed by atoms with E-state index in [1.54, 1.807) is 18.1 Å². The highest BCUT2D eigenvalue weighted by Gasteiger charge is 2.32. The maximum Gasteiger partial charge on any atom is 0.229 e. The van der Waals surface area contributed by atoms with Crippen LogP contribution in [0.25, 0.3) is 0 Å². The van der Waals surface area contributed by atoms with Crippen molar-refractivity contribution in [1.82, 2.24) is 15.1 Å². The Balaban J connectivity index is 1.95. The Labute approximate surface area is 86.6 Å². The lowest BCUT2D eigenvalue weighted by Crippen LogP contribution is -2.25. The van der Waals surface area contributed by atoms with E-state index in [1.165, 1.54) is 6.20 Å². The Morgan fingerprint density at radius 1 is 1.73 bits per heavy atom. The monoisotopic (exact) mass is 208 g/mol. The van der Waals surface area contributed by atoms with Crippen molar-refractivity contribution in [2.24, 2.45) is 5.92 Å². The number of carbonyl (C=O) groups is 2. The van der Waals surface area contributed by atoms with Gasteiger partial charge in [-0.25, -0.2) is 0 Å². The van der Waals surface area contributed by atoms with Gasteiger partial charge in [-0.2, -0.15) is 5.10 Å². The molecule has 2 rings (SSSR count). The molecule has 0 spiro atoms. The molecule has 0 aliphatic carbocycles. The lowest BCUT2D eigenvalue weighted by molar-refractivity contribution is -0.127. The number of rotatable bonds is 2. The summed E-state index contributed by atoms with van der Waals surface area (Å²) in [6, 6.07) is 0. The molecule has 0 aromatic carbocycles. The van der Waals surface area contributed by atoms with Gasteiger partial charge in [-0.1, -0.05) is 0 Å². The van der Waals surface area contributed by atoms with Crippen molar-refractivity contribution in [1.29, 1.82) is 0 Å². The summed E-state index contributed by atoms with van der Waals surface area (Å²) in [5.41, 5.74) is 0.627. The van der Waals surface area contributed by atoms with Crippen molar-refractivity contribution in [2.45, 2.75) is 6.42 Å². The lowest BCUT2D eigenvalue weighted by atomic mass is 10.1. The number of hydrogen-bond donors (Lipinski definition) is 2. The molecule has 6 heteroatoms. The average molecular weight is 208 g/mol. The molecule has 0 radical (unpaired) electrons. The second kappa shape index (κ2) is 3.72. The van der Waals surface area contributed by atoms with Gasteiger partial charge in [-0.15, -0.1) is 0 Å². The van der Waals surface area contributed by atoms with E-state index in [0.717, 1.165) is 0 Å². The van der Waals surface area contributed by atoms with Crippen LogP contribution in [0.5, 0.6) is 0 Å². The van der Waals surface area contributed by atoms with Gasteiger partial charge in [0, 0.05) is 26.2 Å². The van der Waals surface area contributed by atoms with Crippen LogP contribution in [0.15, 0.2) is 12.4 Å².